The average molecular weight is 276 g/mol. The Kier molecular flexibility index (Phi) is 5.32. The molecule has 5 heteroatoms. The molecule has 1 aromatic rings. The first-order chi connectivity index (χ1) is 9.74. The molecule has 1 aliphatic heterocycles. The molecule has 1 fully saturated rings. The Labute approximate surface area is 120 Å². The molecule has 1 unspecified atom stereocenters. The minimum Gasteiger partial charge on any atom is -0.352 e. The van der Waals surface area contributed by atoms with Gasteiger partial charge in [-0.05, 0) is 44.2 Å². The van der Waals surface area contributed by atoms with E-state index >= 15 is 0 Å². The predicted octanol–water partition coefficient (Wildman–Crippen LogP) is 2.98. The largest absolute Gasteiger partial charge is 0.352 e. The Hall–Kier alpha value is -1.65. The molecule has 1 amide bonds. The molecule has 110 valence electrons. The van der Waals surface area contributed by atoms with Crippen LogP contribution in [0.15, 0.2) is 12.1 Å². The highest BCUT2D eigenvalue weighted by Gasteiger charge is 2.22. The number of piperidine rings is 1. The highest BCUT2D eigenvalue weighted by Crippen LogP contribution is 2.24. The van der Waals surface area contributed by atoms with Crippen LogP contribution in [0.25, 0.3) is 0 Å². The van der Waals surface area contributed by atoms with E-state index in [0.29, 0.717) is 18.3 Å². The Balaban J connectivity index is 2.01. The number of hydrogen-bond acceptors (Lipinski definition) is 4. The number of nitrogens with one attached hydrogen (secondary N) is 1. The number of carbonyl (C=O) groups is 1. The van der Waals surface area contributed by atoms with Crippen LogP contribution < -0.4 is 10.2 Å². The fraction of sp³-hybridized carbons (Fsp3) is 0.667. The molecule has 0 radical (unpaired) electrons. The second-order valence-electron chi connectivity index (χ2n) is 5.33. The molecule has 2 rings (SSSR count). The number of anilines is 2. The first-order valence-corrected chi connectivity index (χ1v) is 7.64. The van der Waals surface area contributed by atoms with Crippen molar-refractivity contribution in [1.29, 1.82) is 0 Å². The number of hydrogen-bond donors (Lipinski definition) is 1. The summed E-state index contributed by atoms with van der Waals surface area (Å²) in [5, 5.41) is 11.2. The summed E-state index contributed by atoms with van der Waals surface area (Å²) >= 11 is 0. The van der Waals surface area contributed by atoms with Crippen LogP contribution in [0.2, 0.25) is 0 Å². The maximum absolute atomic E-state index is 11.5. The van der Waals surface area contributed by atoms with E-state index in [-0.39, 0.29) is 5.91 Å². The zero-order valence-electron chi connectivity index (χ0n) is 12.4. The second-order valence-corrected chi connectivity index (χ2v) is 5.33. The Morgan fingerprint density at radius 3 is 2.85 bits per heavy atom. The first kappa shape index (κ1) is 14.8. The van der Waals surface area contributed by atoms with E-state index in [0.717, 1.165) is 25.2 Å². The van der Waals surface area contributed by atoms with Crippen molar-refractivity contribution in [2.24, 2.45) is 0 Å². The minimum absolute atomic E-state index is 0.000966. The zero-order valence-corrected chi connectivity index (χ0v) is 12.4. The summed E-state index contributed by atoms with van der Waals surface area (Å²) in [7, 11) is 0. The topological polar surface area (TPSA) is 58.1 Å². The molecular weight excluding hydrogens is 252 g/mol. The van der Waals surface area contributed by atoms with Crippen LogP contribution in [0, 0.1) is 0 Å². The van der Waals surface area contributed by atoms with Crippen LogP contribution in [0.4, 0.5) is 11.6 Å². The lowest BCUT2D eigenvalue weighted by molar-refractivity contribution is -0.116. The van der Waals surface area contributed by atoms with Crippen molar-refractivity contribution in [3.05, 3.63) is 12.1 Å². The van der Waals surface area contributed by atoms with Gasteiger partial charge in [-0.1, -0.05) is 13.8 Å². The smallest absolute Gasteiger partial charge is 0.225 e. The quantitative estimate of drug-likeness (QED) is 0.898. The molecule has 1 aromatic heterocycles. The van der Waals surface area contributed by atoms with Crippen molar-refractivity contribution in [3.8, 4) is 0 Å². The third-order valence-electron chi connectivity index (χ3n) is 3.79. The first-order valence-electron chi connectivity index (χ1n) is 7.64. The van der Waals surface area contributed by atoms with Gasteiger partial charge in [0.25, 0.3) is 0 Å². The third-order valence-corrected chi connectivity index (χ3v) is 3.79. The molecule has 0 aromatic carbocycles. The van der Waals surface area contributed by atoms with Crippen LogP contribution in [-0.2, 0) is 4.79 Å². The lowest BCUT2D eigenvalue weighted by Crippen LogP contribution is -2.39. The van der Waals surface area contributed by atoms with E-state index in [1.807, 2.05) is 19.1 Å². The molecule has 0 bridgehead atoms. The van der Waals surface area contributed by atoms with Gasteiger partial charge >= 0.3 is 0 Å². The van der Waals surface area contributed by atoms with Gasteiger partial charge in [-0.25, -0.2) is 0 Å². The summed E-state index contributed by atoms with van der Waals surface area (Å²) in [6.07, 6.45) is 6.24. The summed E-state index contributed by atoms with van der Waals surface area (Å²) in [4.78, 5) is 13.8. The molecular formula is C15H24N4O. The van der Waals surface area contributed by atoms with Crippen LogP contribution >= 0.6 is 0 Å². The van der Waals surface area contributed by atoms with Gasteiger partial charge in [-0.2, -0.15) is 0 Å². The molecule has 1 saturated heterocycles. The fourth-order valence-electron chi connectivity index (χ4n) is 2.70. The van der Waals surface area contributed by atoms with E-state index in [4.69, 9.17) is 0 Å². The highest BCUT2D eigenvalue weighted by molar-refractivity contribution is 5.89. The van der Waals surface area contributed by atoms with Crippen molar-refractivity contribution in [2.45, 2.75) is 58.4 Å². The molecule has 1 N–H and O–H groups in total. The summed E-state index contributed by atoms with van der Waals surface area (Å²) in [6, 6.07) is 4.37. The molecule has 1 aliphatic rings. The van der Waals surface area contributed by atoms with Gasteiger partial charge < -0.3 is 10.2 Å². The van der Waals surface area contributed by atoms with Crippen molar-refractivity contribution < 1.29 is 4.79 Å². The molecule has 0 aliphatic carbocycles. The summed E-state index contributed by atoms with van der Waals surface area (Å²) in [6.45, 7) is 5.25. The standard InChI is InChI=1S/C15H24N4O/c1-3-7-15(20)16-13-9-10-14(18-17-13)19-11-6-5-8-12(19)4-2/h9-10,12H,3-8,11H2,1-2H3,(H,16,17,20). The van der Waals surface area contributed by atoms with E-state index in [2.05, 4.69) is 27.3 Å². The van der Waals surface area contributed by atoms with Gasteiger partial charge in [0.15, 0.2) is 11.6 Å². The van der Waals surface area contributed by atoms with Crippen molar-refractivity contribution in [1.82, 2.24) is 10.2 Å². The average Bonchev–Trinajstić information content (AvgIpc) is 2.48. The number of rotatable bonds is 5. The predicted molar refractivity (Wildman–Crippen MR) is 80.8 cm³/mol. The fourth-order valence-corrected chi connectivity index (χ4v) is 2.70. The maximum atomic E-state index is 11.5. The maximum Gasteiger partial charge on any atom is 0.225 e. The summed E-state index contributed by atoms with van der Waals surface area (Å²) in [5.41, 5.74) is 0. The van der Waals surface area contributed by atoms with Gasteiger partial charge in [0.2, 0.25) is 5.91 Å². The number of nitrogens with zero attached hydrogens (tertiary/aromatic N) is 3. The Morgan fingerprint density at radius 2 is 2.20 bits per heavy atom. The van der Waals surface area contributed by atoms with Gasteiger partial charge in [0.05, 0.1) is 0 Å². The van der Waals surface area contributed by atoms with E-state index < -0.39 is 0 Å². The zero-order chi connectivity index (χ0) is 14.4. The van der Waals surface area contributed by atoms with Crippen LogP contribution in [0.5, 0.6) is 0 Å². The monoisotopic (exact) mass is 276 g/mol. The minimum atomic E-state index is -0.000966. The molecule has 2 heterocycles. The van der Waals surface area contributed by atoms with E-state index in [1.165, 1.54) is 19.3 Å². The van der Waals surface area contributed by atoms with Gasteiger partial charge in [-0.15, -0.1) is 10.2 Å². The lowest BCUT2D eigenvalue weighted by Gasteiger charge is -2.35. The molecule has 0 spiro atoms. The summed E-state index contributed by atoms with van der Waals surface area (Å²) in [5.74, 6) is 1.46. The molecule has 0 saturated carbocycles. The van der Waals surface area contributed by atoms with Crippen molar-refractivity contribution in [2.75, 3.05) is 16.8 Å². The van der Waals surface area contributed by atoms with E-state index in [1.54, 1.807) is 0 Å². The second kappa shape index (κ2) is 7.22. The summed E-state index contributed by atoms with van der Waals surface area (Å²) < 4.78 is 0. The third kappa shape index (κ3) is 3.68. The lowest BCUT2D eigenvalue weighted by atomic mass is 10.0. The highest BCUT2D eigenvalue weighted by atomic mass is 16.1. The number of aromatic nitrogens is 2. The SMILES string of the molecule is CCCC(=O)Nc1ccc(N2CCCCC2CC)nn1. The van der Waals surface area contributed by atoms with Crippen LogP contribution in [-0.4, -0.2) is 28.7 Å². The Morgan fingerprint density at radius 1 is 1.35 bits per heavy atom. The van der Waals surface area contributed by atoms with Gasteiger partial charge in [0.1, 0.15) is 0 Å². The van der Waals surface area contributed by atoms with E-state index in [9.17, 15) is 4.79 Å². The number of amides is 1. The van der Waals surface area contributed by atoms with Crippen LogP contribution in [0.1, 0.15) is 52.4 Å². The Bertz CT molecular complexity index is 432. The van der Waals surface area contributed by atoms with Crippen molar-refractivity contribution in [3.63, 3.8) is 0 Å². The number of carbonyl (C=O) groups excluding carboxylic acids is 1. The normalized spacial score (nSPS) is 18.9. The van der Waals surface area contributed by atoms with Gasteiger partial charge in [0, 0.05) is 19.0 Å². The van der Waals surface area contributed by atoms with Gasteiger partial charge in [-0.3, -0.25) is 4.79 Å². The van der Waals surface area contributed by atoms with Crippen molar-refractivity contribution >= 4 is 17.5 Å². The molecule has 20 heavy (non-hydrogen) atoms. The van der Waals surface area contributed by atoms with Crippen LogP contribution in [0.3, 0.4) is 0 Å². The molecule has 1 atom stereocenters. The molecule has 5 nitrogen and oxygen atoms in total.